The van der Waals surface area contributed by atoms with Gasteiger partial charge < -0.3 is 4.57 Å². The fourth-order valence-electron chi connectivity index (χ4n) is 23.4. The summed E-state index contributed by atoms with van der Waals surface area (Å²) < 4.78 is 7.00. The molecular weight excluding hydrogens is 1770 g/mol. The van der Waals surface area contributed by atoms with Crippen LogP contribution in [0.5, 0.6) is 0 Å². The molecule has 21 aromatic carbocycles. The lowest BCUT2D eigenvalue weighted by atomic mass is 9.93. The Bertz CT molecular complexity index is 10500. The van der Waals surface area contributed by atoms with Crippen LogP contribution in [0.2, 0.25) is 0 Å². The SMILES string of the molecule is c1ccc(-c2cc3ccccc3c(-c3cnc(-n4c5cccc6c5c5c7c(cccc7ccc54)-c4ccccc4-6)c4ccccc34)n2)cc1.c1ccc(-c2nc(-c3ccc4ccccc4c3)c3cc(-n4c5cccc6c5c5c7c(cccc7ccc54)-c4ccccc4-6)ccc3n2)cc1.c1ccc(-c2nc(-c3ccccc3)nc(-c3cnc(-n4c5cccc6c5c5c7c(cccc7ccc54)-c4ccccc4-6)nc3)n2)cc1. The average Bonchev–Trinajstić information content (AvgIpc) is 1.55. The molecule has 8 aromatic heterocycles. The molecular formula is C133H78N12. The van der Waals surface area contributed by atoms with Crippen molar-refractivity contribution < 1.29 is 0 Å². The van der Waals surface area contributed by atoms with Crippen LogP contribution in [0, 0.1) is 0 Å². The molecule has 32 rings (SSSR count). The van der Waals surface area contributed by atoms with Gasteiger partial charge in [0.2, 0.25) is 5.95 Å². The van der Waals surface area contributed by atoms with E-state index in [9.17, 15) is 0 Å². The summed E-state index contributed by atoms with van der Waals surface area (Å²) in [6.45, 7) is 0. The molecule has 0 amide bonds. The standard InChI is InChI=1S/2C46H27N3.C41H24N6/c1-2-11-30(12-3-1)46-47-39-24-23-33(27-38(39)45(48-46)32-21-20-28-10-4-5-13-31(28)26-32)49-40-19-9-18-37-35-16-7-6-15-34(35)36-17-8-14-29-22-25-41(49)44(42(29)36)43(37)40;1-2-12-28(13-3-1)39-26-30-14-4-5-16-31(30)45(48-39)38-27-47-46(37-20-9-8-19-34(37)38)49-40-23-11-22-36-33-18-7-6-17-32(33)35-21-10-15-29-24-25-41(49)44(42(29)35)43(36)40;1-3-11-26(12-4-1)38-44-39(27-13-5-2-6-14-27)46-40(45-38)28-23-42-41(43-24-28)47-33-20-10-19-32-30-17-8-7-16-29(30)31-18-9-15-25-21-22-34(47)37(35(25)31)36(32)33/h2*1-27H;1-24H. The van der Waals surface area contributed by atoms with Gasteiger partial charge in [-0.2, -0.15) is 0 Å². The van der Waals surface area contributed by atoms with Gasteiger partial charge in [-0.25, -0.2) is 44.9 Å². The molecule has 0 spiro atoms. The molecule has 0 radical (unpaired) electrons. The predicted octanol–water partition coefficient (Wildman–Crippen LogP) is 33.6. The van der Waals surface area contributed by atoms with Gasteiger partial charge in [-0.15, -0.1) is 0 Å². The molecule has 12 nitrogen and oxygen atoms in total. The minimum atomic E-state index is 0.524. The molecule has 0 saturated carbocycles. The summed E-state index contributed by atoms with van der Waals surface area (Å²) in [5.41, 5.74) is 33.6. The van der Waals surface area contributed by atoms with Crippen molar-refractivity contribution in [1.29, 1.82) is 0 Å². The van der Waals surface area contributed by atoms with Crippen molar-refractivity contribution in [3.05, 3.63) is 474 Å². The highest BCUT2D eigenvalue weighted by molar-refractivity contribution is 6.34. The maximum atomic E-state index is 5.35. The number of fused-ring (bicyclic) bond motifs is 13. The average molecular weight is 1840 g/mol. The Kier molecular flexibility index (Phi) is 18.2. The molecule has 0 unspecified atom stereocenters. The lowest BCUT2D eigenvalue weighted by Crippen LogP contribution is -2.03. The fourth-order valence-corrected chi connectivity index (χ4v) is 23.4. The smallest absolute Gasteiger partial charge is 0.234 e. The summed E-state index contributed by atoms with van der Waals surface area (Å²) in [5, 5.41) is 23.1. The molecule has 0 bridgehead atoms. The van der Waals surface area contributed by atoms with E-state index in [0.717, 1.165) is 128 Å². The van der Waals surface area contributed by atoms with Crippen LogP contribution in [0.4, 0.5) is 0 Å². The Balaban J connectivity index is 0.000000101. The van der Waals surface area contributed by atoms with Gasteiger partial charge in [-0.05, 0) is 187 Å². The summed E-state index contributed by atoms with van der Waals surface area (Å²) in [6.07, 6.45) is 5.67. The van der Waals surface area contributed by atoms with Crippen LogP contribution >= 0.6 is 0 Å². The summed E-state index contributed by atoms with van der Waals surface area (Å²) in [7, 11) is 0. The second kappa shape index (κ2) is 32.5. The maximum absolute atomic E-state index is 5.35. The molecule has 0 aliphatic heterocycles. The van der Waals surface area contributed by atoms with Crippen molar-refractivity contribution in [1.82, 2.24) is 58.6 Å². The molecule has 3 aliphatic rings. The second-order valence-corrected chi connectivity index (χ2v) is 37.7. The van der Waals surface area contributed by atoms with E-state index >= 15 is 0 Å². The summed E-state index contributed by atoms with van der Waals surface area (Å²) in [5.74, 6) is 3.97. The molecule has 145 heavy (non-hydrogen) atoms. The number of nitrogens with zero attached hydrogens (tertiary/aromatic N) is 12. The normalized spacial score (nSPS) is 12.0. The van der Waals surface area contributed by atoms with Gasteiger partial charge in [-0.1, -0.05) is 388 Å². The Morgan fingerprint density at radius 3 is 1.05 bits per heavy atom. The molecule has 0 N–H and O–H groups in total. The summed E-state index contributed by atoms with van der Waals surface area (Å²) >= 11 is 0. The van der Waals surface area contributed by atoms with E-state index in [4.69, 9.17) is 44.9 Å². The Hall–Kier alpha value is -19.7. The van der Waals surface area contributed by atoms with Crippen LogP contribution in [0.15, 0.2) is 474 Å². The molecule has 670 valence electrons. The lowest BCUT2D eigenvalue weighted by molar-refractivity contribution is 0.982. The second-order valence-electron chi connectivity index (χ2n) is 37.7. The van der Waals surface area contributed by atoms with Gasteiger partial charge in [0.15, 0.2) is 23.3 Å². The van der Waals surface area contributed by atoms with Crippen molar-refractivity contribution in [2.75, 3.05) is 0 Å². The van der Waals surface area contributed by atoms with Gasteiger partial charge in [0, 0.05) is 106 Å². The van der Waals surface area contributed by atoms with Crippen LogP contribution in [-0.2, 0) is 0 Å². The highest BCUT2D eigenvalue weighted by Crippen LogP contribution is 2.55. The van der Waals surface area contributed by atoms with Crippen LogP contribution in [-0.4, -0.2) is 58.6 Å². The van der Waals surface area contributed by atoms with E-state index in [0.29, 0.717) is 23.4 Å². The van der Waals surface area contributed by atoms with Crippen molar-refractivity contribution in [3.8, 4) is 164 Å². The van der Waals surface area contributed by atoms with Gasteiger partial charge in [0.1, 0.15) is 5.82 Å². The highest BCUT2D eigenvalue weighted by atomic mass is 15.2. The van der Waals surface area contributed by atoms with Gasteiger partial charge in [-0.3, -0.25) is 9.13 Å². The van der Waals surface area contributed by atoms with E-state index < -0.39 is 0 Å². The van der Waals surface area contributed by atoms with E-state index in [1.165, 1.54) is 153 Å². The van der Waals surface area contributed by atoms with Crippen molar-refractivity contribution >= 4 is 141 Å². The maximum Gasteiger partial charge on any atom is 0.234 e. The quantitative estimate of drug-likeness (QED) is 0.131. The predicted molar refractivity (Wildman–Crippen MR) is 596 cm³/mol. The summed E-state index contributed by atoms with van der Waals surface area (Å²) in [6, 6.07) is 162. The van der Waals surface area contributed by atoms with Gasteiger partial charge in [0.05, 0.1) is 61.3 Å². The Labute approximate surface area is 830 Å². The van der Waals surface area contributed by atoms with Crippen LogP contribution in [0.1, 0.15) is 0 Å². The largest absolute Gasteiger partial charge is 0.309 e. The zero-order valence-electron chi connectivity index (χ0n) is 77.9. The fraction of sp³-hybridized carbons (Fsp3) is 0. The molecule has 0 atom stereocenters. The number of pyridine rings is 2. The minimum Gasteiger partial charge on any atom is -0.309 e. The third-order valence-corrected chi connectivity index (χ3v) is 29.8. The van der Waals surface area contributed by atoms with E-state index in [1.54, 1.807) is 0 Å². The first-order chi connectivity index (χ1) is 71.9. The first kappa shape index (κ1) is 81.3. The number of benzene rings is 21. The Morgan fingerprint density at radius 2 is 0.538 bits per heavy atom. The minimum absolute atomic E-state index is 0.524. The number of rotatable bonds is 10. The van der Waals surface area contributed by atoms with Crippen molar-refractivity contribution in [2.24, 2.45) is 0 Å². The topological polar surface area (TPSA) is 131 Å². The first-order valence-electron chi connectivity index (χ1n) is 49.1. The zero-order valence-corrected chi connectivity index (χ0v) is 77.9. The third-order valence-electron chi connectivity index (χ3n) is 29.8. The van der Waals surface area contributed by atoms with Crippen molar-refractivity contribution in [2.45, 2.75) is 0 Å². The van der Waals surface area contributed by atoms with Gasteiger partial charge in [0.25, 0.3) is 0 Å². The number of hydrogen-bond donors (Lipinski definition) is 0. The monoisotopic (exact) mass is 1840 g/mol. The van der Waals surface area contributed by atoms with Gasteiger partial charge >= 0.3 is 0 Å². The van der Waals surface area contributed by atoms with Crippen LogP contribution in [0.3, 0.4) is 0 Å². The molecule has 0 saturated heterocycles. The lowest BCUT2D eigenvalue weighted by Gasteiger charge is -2.16. The molecule has 8 heterocycles. The third kappa shape index (κ3) is 12.7. The molecule has 0 fully saturated rings. The molecule has 3 aliphatic carbocycles. The van der Waals surface area contributed by atoms with Crippen molar-refractivity contribution in [3.63, 3.8) is 0 Å². The van der Waals surface area contributed by atoms with E-state index in [1.807, 2.05) is 104 Å². The van der Waals surface area contributed by atoms with Crippen LogP contribution in [0.25, 0.3) is 304 Å². The zero-order chi connectivity index (χ0) is 95.0. The highest BCUT2D eigenvalue weighted by Gasteiger charge is 2.32. The van der Waals surface area contributed by atoms with Crippen LogP contribution < -0.4 is 0 Å². The van der Waals surface area contributed by atoms with E-state index in [2.05, 4.69) is 384 Å². The molecule has 29 aromatic rings. The first-order valence-corrected chi connectivity index (χ1v) is 49.1. The number of aromatic nitrogens is 12. The molecule has 12 heteroatoms. The van der Waals surface area contributed by atoms with E-state index in [-0.39, 0.29) is 0 Å². The summed E-state index contributed by atoms with van der Waals surface area (Å²) in [4.78, 5) is 45.5. The Morgan fingerprint density at radius 1 is 0.166 bits per heavy atom. The number of hydrogen-bond acceptors (Lipinski definition) is 9.